The molecule has 0 fully saturated rings. The maximum absolute atomic E-state index is 9.06. The molecule has 1 aliphatic heterocycles. The number of aliphatic hydroxyl groups excluding tert-OH is 1. The van der Waals surface area contributed by atoms with Crippen LogP contribution in [0.15, 0.2) is 47.9 Å². The van der Waals surface area contributed by atoms with Crippen molar-refractivity contribution in [1.29, 1.82) is 0 Å². The number of aromatic nitrogens is 3. The summed E-state index contributed by atoms with van der Waals surface area (Å²) in [4.78, 5) is 5.86. The number of aliphatic hydroxyl groups is 1. The first kappa shape index (κ1) is 16.1. The highest BCUT2D eigenvalue weighted by Crippen LogP contribution is 2.34. The maximum atomic E-state index is 9.06. The summed E-state index contributed by atoms with van der Waals surface area (Å²) in [6.45, 7) is 2.24. The largest absolute Gasteiger partial charge is 0.396 e. The highest BCUT2D eigenvalue weighted by Gasteiger charge is 2.25. The number of fused-ring (bicyclic) bond motifs is 1. The fourth-order valence-corrected chi connectivity index (χ4v) is 3.72. The lowest BCUT2D eigenvalue weighted by Gasteiger charge is -2.23. The van der Waals surface area contributed by atoms with Gasteiger partial charge >= 0.3 is 0 Å². The zero-order valence-electron chi connectivity index (χ0n) is 14.0. The third-order valence-corrected chi connectivity index (χ3v) is 5.21. The molecule has 2 aromatic heterocycles. The lowest BCUT2D eigenvalue weighted by Crippen LogP contribution is -2.19. The molecular formula is C19H20N4OS. The molecule has 0 aliphatic carbocycles. The van der Waals surface area contributed by atoms with E-state index in [1.54, 1.807) is 11.3 Å². The van der Waals surface area contributed by atoms with Crippen LogP contribution in [0, 0.1) is 6.92 Å². The van der Waals surface area contributed by atoms with Crippen LogP contribution in [-0.2, 0) is 6.42 Å². The smallest absolute Gasteiger partial charge is 0.226 e. The van der Waals surface area contributed by atoms with Gasteiger partial charge in [0.2, 0.25) is 5.95 Å². The Morgan fingerprint density at radius 2 is 2.08 bits per heavy atom. The molecule has 128 valence electrons. The minimum atomic E-state index is 0.0305. The molecule has 2 N–H and O–H groups in total. The Kier molecular flexibility index (Phi) is 4.38. The quantitative estimate of drug-likeness (QED) is 0.736. The van der Waals surface area contributed by atoms with Gasteiger partial charge in [-0.15, -0.1) is 11.3 Å². The van der Waals surface area contributed by atoms with Gasteiger partial charge in [-0.1, -0.05) is 35.9 Å². The van der Waals surface area contributed by atoms with Crippen molar-refractivity contribution in [2.45, 2.75) is 25.8 Å². The van der Waals surface area contributed by atoms with E-state index in [1.807, 2.05) is 4.68 Å². The molecular weight excluding hydrogens is 332 g/mol. The SMILES string of the molecule is Cc1ccc(C2=C[C@H](c3cccs3)n3nc(CCCO)nc3N2)cc1. The van der Waals surface area contributed by atoms with E-state index >= 15 is 0 Å². The van der Waals surface area contributed by atoms with Crippen molar-refractivity contribution in [3.8, 4) is 0 Å². The number of allylic oxidation sites excluding steroid dienone is 1. The summed E-state index contributed by atoms with van der Waals surface area (Å²) in [5.41, 5.74) is 3.43. The lowest BCUT2D eigenvalue weighted by atomic mass is 10.1. The summed E-state index contributed by atoms with van der Waals surface area (Å²) in [5, 5.41) is 19.2. The van der Waals surface area contributed by atoms with Crippen molar-refractivity contribution < 1.29 is 5.11 Å². The lowest BCUT2D eigenvalue weighted by molar-refractivity contribution is 0.287. The van der Waals surface area contributed by atoms with Crippen molar-refractivity contribution in [1.82, 2.24) is 14.8 Å². The Bertz CT molecular complexity index is 881. The van der Waals surface area contributed by atoms with Gasteiger partial charge < -0.3 is 10.4 Å². The zero-order valence-corrected chi connectivity index (χ0v) is 14.8. The van der Waals surface area contributed by atoms with Crippen LogP contribution in [-0.4, -0.2) is 26.5 Å². The third-order valence-electron chi connectivity index (χ3n) is 4.27. The van der Waals surface area contributed by atoms with Crippen molar-refractivity contribution in [2.24, 2.45) is 0 Å². The first-order valence-electron chi connectivity index (χ1n) is 8.40. The Morgan fingerprint density at radius 3 is 2.80 bits per heavy atom. The number of rotatable bonds is 5. The molecule has 25 heavy (non-hydrogen) atoms. The van der Waals surface area contributed by atoms with E-state index in [9.17, 15) is 0 Å². The van der Waals surface area contributed by atoms with E-state index in [-0.39, 0.29) is 12.6 Å². The molecule has 0 saturated heterocycles. The molecule has 6 heteroatoms. The second kappa shape index (κ2) is 6.82. The molecule has 3 aromatic rings. The van der Waals surface area contributed by atoms with Crippen LogP contribution in [0.25, 0.3) is 5.70 Å². The summed E-state index contributed by atoms with van der Waals surface area (Å²) in [7, 11) is 0. The molecule has 0 saturated carbocycles. The fourth-order valence-electron chi connectivity index (χ4n) is 2.94. The van der Waals surface area contributed by atoms with E-state index in [4.69, 9.17) is 5.11 Å². The van der Waals surface area contributed by atoms with Crippen LogP contribution in [0.4, 0.5) is 5.95 Å². The summed E-state index contributed by atoms with van der Waals surface area (Å²) in [5.74, 6) is 1.51. The van der Waals surface area contributed by atoms with Crippen molar-refractivity contribution in [3.05, 3.63) is 69.7 Å². The minimum absolute atomic E-state index is 0.0305. The molecule has 0 radical (unpaired) electrons. The average molecular weight is 352 g/mol. The molecule has 0 amide bonds. The number of hydrogen-bond donors (Lipinski definition) is 2. The van der Waals surface area contributed by atoms with Gasteiger partial charge in [0.25, 0.3) is 0 Å². The zero-order chi connectivity index (χ0) is 17.2. The molecule has 0 bridgehead atoms. The molecule has 1 atom stereocenters. The normalized spacial score (nSPS) is 16.2. The number of aryl methyl sites for hydroxylation is 2. The Balaban J connectivity index is 1.74. The van der Waals surface area contributed by atoms with Crippen molar-refractivity contribution in [3.63, 3.8) is 0 Å². The van der Waals surface area contributed by atoms with Gasteiger partial charge in [-0.2, -0.15) is 10.1 Å². The molecule has 0 spiro atoms. The number of nitrogens with one attached hydrogen (secondary N) is 1. The van der Waals surface area contributed by atoms with Crippen LogP contribution in [0.1, 0.15) is 34.3 Å². The number of anilines is 1. The highest BCUT2D eigenvalue weighted by atomic mass is 32.1. The van der Waals surface area contributed by atoms with Gasteiger partial charge in [0.15, 0.2) is 5.82 Å². The number of benzene rings is 1. The molecule has 4 rings (SSSR count). The van der Waals surface area contributed by atoms with Crippen LogP contribution in [0.5, 0.6) is 0 Å². The van der Waals surface area contributed by atoms with Crippen molar-refractivity contribution >= 4 is 23.0 Å². The van der Waals surface area contributed by atoms with Gasteiger partial charge in [0.1, 0.15) is 6.04 Å². The first-order chi connectivity index (χ1) is 12.2. The first-order valence-corrected chi connectivity index (χ1v) is 9.28. The topological polar surface area (TPSA) is 63.0 Å². The van der Waals surface area contributed by atoms with Crippen molar-refractivity contribution in [2.75, 3.05) is 11.9 Å². The van der Waals surface area contributed by atoms with E-state index in [0.717, 1.165) is 23.0 Å². The van der Waals surface area contributed by atoms with Gasteiger partial charge in [-0.05, 0) is 36.4 Å². The average Bonchev–Trinajstić information content (AvgIpc) is 3.29. The maximum Gasteiger partial charge on any atom is 0.226 e. The second-order valence-electron chi connectivity index (χ2n) is 6.15. The Labute approximate surface area is 150 Å². The fraction of sp³-hybridized carbons (Fsp3) is 0.263. The van der Waals surface area contributed by atoms with Gasteiger partial charge in [0, 0.05) is 23.6 Å². The molecule has 1 aromatic carbocycles. The minimum Gasteiger partial charge on any atom is -0.396 e. The number of nitrogens with zero attached hydrogens (tertiary/aromatic N) is 3. The predicted octanol–water partition coefficient (Wildman–Crippen LogP) is 3.63. The van der Waals surface area contributed by atoms with Crippen LogP contribution in [0.3, 0.4) is 0 Å². The van der Waals surface area contributed by atoms with Gasteiger partial charge in [0.05, 0.1) is 0 Å². The summed E-state index contributed by atoms with van der Waals surface area (Å²) >= 11 is 1.72. The monoisotopic (exact) mass is 352 g/mol. The summed E-state index contributed by atoms with van der Waals surface area (Å²) in [6.07, 6.45) is 3.55. The van der Waals surface area contributed by atoms with Crippen LogP contribution < -0.4 is 5.32 Å². The number of thiophene rings is 1. The summed E-state index contributed by atoms with van der Waals surface area (Å²) in [6, 6.07) is 12.7. The van der Waals surface area contributed by atoms with Crippen LogP contribution in [0.2, 0.25) is 0 Å². The van der Waals surface area contributed by atoms with E-state index in [1.165, 1.54) is 10.4 Å². The van der Waals surface area contributed by atoms with E-state index in [0.29, 0.717) is 12.8 Å². The standard InChI is InChI=1S/C19H20N4OS/c1-13-6-8-14(9-7-13)15-12-16(17-4-3-11-25-17)23-19(20-15)21-18(22-23)5-2-10-24/h3-4,6-9,11-12,16,24H,2,5,10H2,1H3,(H,20,21,22)/t16-/m1/s1. The van der Waals surface area contributed by atoms with E-state index < -0.39 is 0 Å². The number of hydrogen-bond acceptors (Lipinski definition) is 5. The molecule has 5 nitrogen and oxygen atoms in total. The molecule has 1 aliphatic rings. The van der Waals surface area contributed by atoms with Gasteiger partial charge in [-0.3, -0.25) is 0 Å². The van der Waals surface area contributed by atoms with Crippen LogP contribution >= 0.6 is 11.3 Å². The predicted molar refractivity (Wildman–Crippen MR) is 101 cm³/mol. The Morgan fingerprint density at radius 1 is 1.24 bits per heavy atom. The third kappa shape index (κ3) is 3.23. The van der Waals surface area contributed by atoms with Gasteiger partial charge in [-0.25, -0.2) is 4.68 Å². The second-order valence-corrected chi connectivity index (χ2v) is 7.13. The van der Waals surface area contributed by atoms with E-state index in [2.05, 4.69) is 70.2 Å². The molecule has 0 unspecified atom stereocenters. The molecule has 3 heterocycles. The highest BCUT2D eigenvalue weighted by molar-refractivity contribution is 7.10. The summed E-state index contributed by atoms with van der Waals surface area (Å²) < 4.78 is 1.94. The Hall–Kier alpha value is -2.44.